The average Bonchev–Trinajstić information content (AvgIpc) is 3.34. The maximum absolute atomic E-state index is 12.4. The molecule has 0 unspecified atom stereocenters. The Labute approximate surface area is 216 Å². The van der Waals surface area contributed by atoms with E-state index in [2.05, 4.69) is 31.9 Å². The number of nitrogens with one attached hydrogen (secondary N) is 3. The summed E-state index contributed by atoms with van der Waals surface area (Å²) in [6, 6.07) is 27.5. The van der Waals surface area contributed by atoms with Crippen molar-refractivity contribution in [2.75, 3.05) is 10.6 Å². The molecule has 3 aromatic carbocycles. The van der Waals surface area contributed by atoms with E-state index in [-0.39, 0.29) is 11.0 Å². The smallest absolute Gasteiger partial charge is 0.255 e. The Hall–Kier alpha value is -4.01. The molecule has 174 valence electrons. The number of carbonyl (C=O) groups excluding carboxylic acids is 2. The van der Waals surface area contributed by atoms with Crippen LogP contribution in [0.15, 0.2) is 106 Å². The van der Waals surface area contributed by atoms with Gasteiger partial charge in [0.25, 0.3) is 5.91 Å². The molecular weight excluding hydrogens is 526 g/mol. The van der Waals surface area contributed by atoms with Gasteiger partial charge in [0, 0.05) is 27.4 Å². The lowest BCUT2D eigenvalue weighted by Gasteiger charge is -2.12. The van der Waals surface area contributed by atoms with Crippen molar-refractivity contribution in [3.63, 3.8) is 0 Å². The molecule has 8 heteroatoms. The quantitative estimate of drug-likeness (QED) is 0.190. The van der Waals surface area contributed by atoms with Gasteiger partial charge in [-0.3, -0.25) is 14.9 Å². The fourth-order valence-electron chi connectivity index (χ4n) is 3.15. The lowest BCUT2D eigenvalue weighted by molar-refractivity contribution is -0.115. The van der Waals surface area contributed by atoms with Gasteiger partial charge in [-0.2, -0.15) is 0 Å². The molecule has 4 aromatic rings. The van der Waals surface area contributed by atoms with E-state index < -0.39 is 5.91 Å². The first-order valence-corrected chi connectivity index (χ1v) is 11.8. The number of hydrogen-bond acceptors (Lipinski definition) is 4. The van der Waals surface area contributed by atoms with Crippen molar-refractivity contribution in [1.82, 2.24) is 5.32 Å². The summed E-state index contributed by atoms with van der Waals surface area (Å²) in [5, 5.41) is 8.53. The van der Waals surface area contributed by atoms with Crippen LogP contribution in [0.1, 0.15) is 16.1 Å². The topological polar surface area (TPSA) is 83.4 Å². The highest BCUT2D eigenvalue weighted by Gasteiger charge is 2.10. The van der Waals surface area contributed by atoms with Gasteiger partial charge < -0.3 is 15.1 Å². The fourth-order valence-corrected chi connectivity index (χ4v) is 3.85. The first-order valence-electron chi connectivity index (χ1n) is 10.6. The summed E-state index contributed by atoms with van der Waals surface area (Å²) >= 11 is 8.69. The third-order valence-corrected chi connectivity index (χ3v) is 5.69. The van der Waals surface area contributed by atoms with Crippen LogP contribution >= 0.6 is 28.1 Å². The highest BCUT2D eigenvalue weighted by atomic mass is 79.9. The second-order valence-electron chi connectivity index (χ2n) is 7.36. The summed E-state index contributed by atoms with van der Waals surface area (Å²) in [7, 11) is 0. The molecule has 0 aliphatic heterocycles. The summed E-state index contributed by atoms with van der Waals surface area (Å²) < 4.78 is 6.41. The van der Waals surface area contributed by atoms with E-state index in [1.54, 1.807) is 54.6 Å². The van der Waals surface area contributed by atoms with Crippen molar-refractivity contribution in [3.05, 3.63) is 113 Å². The Morgan fingerprint density at radius 2 is 1.57 bits per heavy atom. The molecule has 3 N–H and O–H groups in total. The number of anilines is 2. The van der Waals surface area contributed by atoms with E-state index >= 15 is 0 Å². The molecule has 35 heavy (non-hydrogen) atoms. The summed E-state index contributed by atoms with van der Waals surface area (Å²) in [5.41, 5.74) is 2.76. The van der Waals surface area contributed by atoms with Crippen molar-refractivity contribution in [3.8, 4) is 11.3 Å². The lowest BCUT2D eigenvalue weighted by Crippen LogP contribution is -2.32. The van der Waals surface area contributed by atoms with Crippen molar-refractivity contribution in [2.45, 2.75) is 0 Å². The molecule has 0 saturated heterocycles. The second kappa shape index (κ2) is 11.4. The van der Waals surface area contributed by atoms with Gasteiger partial charge in [-0.05, 0) is 76.7 Å². The molecule has 0 saturated carbocycles. The lowest BCUT2D eigenvalue weighted by atomic mass is 10.2. The Morgan fingerprint density at radius 3 is 2.29 bits per heavy atom. The number of hydrogen-bond donors (Lipinski definition) is 3. The van der Waals surface area contributed by atoms with Crippen LogP contribution < -0.4 is 16.0 Å². The molecule has 2 amide bonds. The normalized spacial score (nSPS) is 10.7. The predicted molar refractivity (Wildman–Crippen MR) is 146 cm³/mol. The highest BCUT2D eigenvalue weighted by molar-refractivity contribution is 9.10. The van der Waals surface area contributed by atoms with Crippen molar-refractivity contribution < 1.29 is 14.0 Å². The number of benzene rings is 3. The number of thiocarbonyl (C=S) groups is 1. The average molecular weight is 546 g/mol. The fraction of sp³-hybridized carbons (Fsp3) is 0. The number of halogens is 1. The number of amides is 2. The van der Waals surface area contributed by atoms with E-state index in [4.69, 9.17) is 16.6 Å². The van der Waals surface area contributed by atoms with Crippen LogP contribution in [0, 0.1) is 0 Å². The van der Waals surface area contributed by atoms with Gasteiger partial charge in [-0.15, -0.1) is 0 Å². The standard InChI is InChI=1S/C27H20BrN3O3S/c28-22-17-20(11-14-23(22)30-26(33)19-9-5-2-6-10-19)29-27(35)31-25(32)16-13-21-12-15-24(34-21)18-7-3-1-4-8-18/h1-17H,(H,30,33)(H2,29,31,32,35)/b16-13+. The van der Waals surface area contributed by atoms with Crippen LogP contribution in [0.3, 0.4) is 0 Å². The molecule has 0 aliphatic rings. The zero-order valence-electron chi connectivity index (χ0n) is 18.3. The summed E-state index contributed by atoms with van der Waals surface area (Å²) in [4.78, 5) is 24.6. The van der Waals surface area contributed by atoms with E-state index in [9.17, 15) is 9.59 Å². The van der Waals surface area contributed by atoms with Gasteiger partial charge in [0.1, 0.15) is 11.5 Å². The third kappa shape index (κ3) is 6.75. The van der Waals surface area contributed by atoms with Gasteiger partial charge in [0.05, 0.1) is 5.69 Å². The number of rotatable bonds is 6. The molecule has 6 nitrogen and oxygen atoms in total. The van der Waals surface area contributed by atoms with Gasteiger partial charge in [0.15, 0.2) is 5.11 Å². The molecule has 1 aromatic heterocycles. The summed E-state index contributed by atoms with van der Waals surface area (Å²) in [6.07, 6.45) is 2.92. The summed E-state index contributed by atoms with van der Waals surface area (Å²) in [6.45, 7) is 0. The van der Waals surface area contributed by atoms with Crippen LogP contribution in [0.4, 0.5) is 11.4 Å². The maximum atomic E-state index is 12.4. The van der Waals surface area contributed by atoms with Crippen molar-refractivity contribution in [1.29, 1.82) is 0 Å². The zero-order chi connectivity index (χ0) is 24.6. The van der Waals surface area contributed by atoms with E-state index in [1.165, 1.54) is 6.08 Å². The largest absolute Gasteiger partial charge is 0.457 e. The van der Waals surface area contributed by atoms with E-state index in [0.29, 0.717) is 27.2 Å². The van der Waals surface area contributed by atoms with Crippen LogP contribution in [0.25, 0.3) is 17.4 Å². The maximum Gasteiger partial charge on any atom is 0.255 e. The monoisotopic (exact) mass is 545 g/mol. The first-order chi connectivity index (χ1) is 17.0. The van der Waals surface area contributed by atoms with Gasteiger partial charge in [-0.25, -0.2) is 0 Å². The Bertz CT molecular complexity index is 1390. The van der Waals surface area contributed by atoms with Gasteiger partial charge in [0.2, 0.25) is 5.91 Å². The molecule has 0 spiro atoms. The zero-order valence-corrected chi connectivity index (χ0v) is 20.7. The SMILES string of the molecule is O=C(/C=C/c1ccc(-c2ccccc2)o1)NC(=S)Nc1ccc(NC(=O)c2ccccc2)c(Br)c1. The number of carbonyl (C=O) groups is 2. The molecule has 0 bridgehead atoms. The van der Waals surface area contributed by atoms with Crippen LogP contribution in [0.5, 0.6) is 0 Å². The van der Waals surface area contributed by atoms with Gasteiger partial charge >= 0.3 is 0 Å². The first kappa shape index (κ1) is 24.1. The molecule has 4 rings (SSSR count). The third-order valence-electron chi connectivity index (χ3n) is 4.83. The molecule has 0 aliphatic carbocycles. The predicted octanol–water partition coefficient (Wildman–Crippen LogP) is 6.49. The van der Waals surface area contributed by atoms with E-state index in [0.717, 1.165) is 11.3 Å². The Balaban J connectivity index is 1.30. The van der Waals surface area contributed by atoms with Crippen molar-refractivity contribution >= 4 is 62.5 Å². The molecule has 0 atom stereocenters. The minimum Gasteiger partial charge on any atom is -0.457 e. The van der Waals surface area contributed by atoms with Crippen LogP contribution in [0.2, 0.25) is 0 Å². The van der Waals surface area contributed by atoms with Crippen LogP contribution in [-0.2, 0) is 4.79 Å². The Morgan fingerprint density at radius 1 is 0.857 bits per heavy atom. The number of furan rings is 1. The molecule has 0 fully saturated rings. The van der Waals surface area contributed by atoms with Gasteiger partial charge in [-0.1, -0.05) is 48.5 Å². The molecule has 1 heterocycles. The minimum atomic E-state index is -0.397. The Kier molecular flexibility index (Phi) is 7.87. The van der Waals surface area contributed by atoms with E-state index in [1.807, 2.05) is 42.5 Å². The molecule has 0 radical (unpaired) electrons. The van der Waals surface area contributed by atoms with Crippen molar-refractivity contribution in [2.24, 2.45) is 0 Å². The minimum absolute atomic E-state index is 0.136. The second-order valence-corrected chi connectivity index (χ2v) is 8.62. The highest BCUT2D eigenvalue weighted by Crippen LogP contribution is 2.26. The molecular formula is C27H20BrN3O3S. The summed E-state index contributed by atoms with van der Waals surface area (Å²) in [5.74, 6) is 0.659. The van der Waals surface area contributed by atoms with Crippen LogP contribution in [-0.4, -0.2) is 16.9 Å².